The quantitative estimate of drug-likeness (QED) is 0.0747. The largest absolute Gasteiger partial charge is 0.481 e. The number of rotatable bonds is 14. The molecule has 4 rings (SSSR count). The summed E-state index contributed by atoms with van der Waals surface area (Å²) in [6.45, 7) is 4.15. The lowest BCUT2D eigenvalue weighted by atomic mass is 9.95. The van der Waals surface area contributed by atoms with Gasteiger partial charge in [0.25, 0.3) is 11.8 Å². The number of pyridine rings is 1. The van der Waals surface area contributed by atoms with Crippen molar-refractivity contribution in [1.29, 1.82) is 5.41 Å². The maximum Gasteiger partial charge on any atom is 0.360 e. The van der Waals surface area contributed by atoms with Crippen LogP contribution < -0.4 is 21.1 Å². The number of nitrogens with two attached hydrogens (primary N) is 1. The molecular weight excluding hydrogens is 608 g/mol. The van der Waals surface area contributed by atoms with Crippen molar-refractivity contribution in [3.63, 3.8) is 0 Å². The van der Waals surface area contributed by atoms with E-state index in [1.807, 2.05) is 6.92 Å². The number of aromatic nitrogens is 2. The standard InChI is InChI=1S/C33H34N6O8/c1-4-46-33(44)25-17-47-27(38-25)15-18(2)13-14-36-30(40)20-7-10-22(24(16-20)32(42)43)23-11-12-26(45-3)39-28(23)31(41)37-21-8-5-19(6-9-21)29(34)35/h5-12,16-18H,4,13-15H2,1-3H3,(H3,34,35)(H,36,40)(H,37,41)(H,42,43)/t18-/m0/s1. The van der Waals surface area contributed by atoms with Gasteiger partial charge in [-0.1, -0.05) is 13.0 Å². The summed E-state index contributed by atoms with van der Waals surface area (Å²) >= 11 is 0. The van der Waals surface area contributed by atoms with Crippen molar-refractivity contribution in [1.82, 2.24) is 15.3 Å². The van der Waals surface area contributed by atoms with Crippen molar-refractivity contribution in [2.75, 3.05) is 25.6 Å². The van der Waals surface area contributed by atoms with Gasteiger partial charge < -0.3 is 35.4 Å². The molecule has 2 aromatic heterocycles. The van der Waals surface area contributed by atoms with Crippen LogP contribution in [0.1, 0.15) is 73.4 Å². The fraction of sp³-hybridized carbons (Fsp3) is 0.242. The number of nitrogen functional groups attached to an aromatic ring is 1. The first-order valence-corrected chi connectivity index (χ1v) is 14.6. The highest BCUT2D eigenvalue weighted by Crippen LogP contribution is 2.30. The van der Waals surface area contributed by atoms with Gasteiger partial charge in [-0.2, -0.15) is 0 Å². The number of aromatic carboxylic acids is 1. The molecule has 0 bridgehead atoms. The lowest BCUT2D eigenvalue weighted by Gasteiger charge is -2.14. The Morgan fingerprint density at radius 1 is 1.00 bits per heavy atom. The summed E-state index contributed by atoms with van der Waals surface area (Å²) in [5.74, 6) is -2.55. The lowest BCUT2D eigenvalue weighted by Crippen LogP contribution is -2.26. The number of hydrogen-bond acceptors (Lipinski definition) is 10. The van der Waals surface area contributed by atoms with Crippen molar-refractivity contribution in [3.8, 4) is 17.0 Å². The van der Waals surface area contributed by atoms with Gasteiger partial charge >= 0.3 is 11.9 Å². The first kappa shape index (κ1) is 33.8. The van der Waals surface area contributed by atoms with Crippen LogP contribution in [0.25, 0.3) is 11.1 Å². The Labute approximate surface area is 269 Å². The van der Waals surface area contributed by atoms with Crippen molar-refractivity contribution in [2.45, 2.75) is 26.7 Å². The SMILES string of the molecule is CCOC(=O)c1coc(C[C@@H](C)CCNC(=O)c2ccc(-c3ccc(OC)nc3C(=O)Nc3ccc(C(=N)N)cc3)c(C(=O)O)c2)n1. The second kappa shape index (κ2) is 15.3. The molecule has 2 aromatic carbocycles. The van der Waals surface area contributed by atoms with Gasteiger partial charge in [-0.3, -0.25) is 15.0 Å². The van der Waals surface area contributed by atoms with Crippen LogP contribution in [0.5, 0.6) is 5.88 Å². The number of nitrogens with one attached hydrogen (secondary N) is 3. The predicted molar refractivity (Wildman–Crippen MR) is 171 cm³/mol. The number of oxazole rings is 1. The van der Waals surface area contributed by atoms with E-state index in [-0.39, 0.29) is 64.4 Å². The summed E-state index contributed by atoms with van der Waals surface area (Å²) in [7, 11) is 1.39. The molecule has 14 nitrogen and oxygen atoms in total. The number of methoxy groups -OCH3 is 1. The first-order valence-electron chi connectivity index (χ1n) is 14.6. The normalized spacial score (nSPS) is 11.3. The Bertz CT molecular complexity index is 1800. The average molecular weight is 643 g/mol. The Hall–Kier alpha value is -6.05. The third kappa shape index (κ3) is 8.57. The van der Waals surface area contributed by atoms with Crippen LogP contribution in [-0.2, 0) is 11.2 Å². The van der Waals surface area contributed by atoms with E-state index >= 15 is 0 Å². The lowest BCUT2D eigenvalue weighted by molar-refractivity contribution is 0.0518. The Balaban J connectivity index is 1.47. The van der Waals surface area contributed by atoms with Gasteiger partial charge in [0.05, 0.1) is 19.3 Å². The number of amides is 2. The van der Waals surface area contributed by atoms with Crippen LogP contribution in [0.3, 0.4) is 0 Å². The molecule has 0 aliphatic carbocycles. The highest BCUT2D eigenvalue weighted by atomic mass is 16.5. The molecule has 2 heterocycles. The van der Waals surface area contributed by atoms with E-state index in [1.54, 1.807) is 31.2 Å². The third-order valence-corrected chi connectivity index (χ3v) is 7.03. The van der Waals surface area contributed by atoms with E-state index in [0.29, 0.717) is 30.0 Å². The molecule has 1 atom stereocenters. The number of benzene rings is 2. The minimum absolute atomic E-state index is 0.0418. The summed E-state index contributed by atoms with van der Waals surface area (Å²) in [5.41, 5.74) is 6.65. The zero-order valence-electron chi connectivity index (χ0n) is 26.0. The summed E-state index contributed by atoms with van der Waals surface area (Å²) in [6, 6.07) is 13.5. The summed E-state index contributed by atoms with van der Waals surface area (Å²) < 4.78 is 15.5. The van der Waals surface area contributed by atoms with E-state index < -0.39 is 23.8 Å². The number of carboxylic acid groups (broad SMARTS) is 1. The Morgan fingerprint density at radius 3 is 2.36 bits per heavy atom. The Morgan fingerprint density at radius 2 is 1.70 bits per heavy atom. The van der Waals surface area contributed by atoms with Crippen LogP contribution in [0.15, 0.2) is 65.3 Å². The fourth-order valence-corrected chi connectivity index (χ4v) is 4.60. The number of hydrogen-bond donors (Lipinski definition) is 5. The molecule has 0 spiro atoms. The van der Waals surface area contributed by atoms with Gasteiger partial charge in [-0.15, -0.1) is 0 Å². The minimum atomic E-state index is -1.31. The zero-order valence-corrected chi connectivity index (χ0v) is 26.0. The topological polar surface area (TPSA) is 220 Å². The van der Waals surface area contributed by atoms with Crippen LogP contribution in [0.2, 0.25) is 0 Å². The molecular formula is C33H34N6O8. The summed E-state index contributed by atoms with van der Waals surface area (Å²) in [6.07, 6.45) is 2.24. The summed E-state index contributed by atoms with van der Waals surface area (Å²) in [5, 5.41) is 23.1. The Kier molecular flexibility index (Phi) is 11.0. The van der Waals surface area contributed by atoms with Crippen molar-refractivity contribution < 1.29 is 38.2 Å². The monoisotopic (exact) mass is 642 g/mol. The third-order valence-electron chi connectivity index (χ3n) is 7.03. The van der Waals surface area contributed by atoms with Crippen LogP contribution in [-0.4, -0.2) is 64.9 Å². The van der Waals surface area contributed by atoms with Gasteiger partial charge in [0.15, 0.2) is 11.6 Å². The average Bonchev–Trinajstić information content (AvgIpc) is 3.53. The second-order valence-corrected chi connectivity index (χ2v) is 10.5. The molecule has 2 amide bonds. The zero-order chi connectivity index (χ0) is 34.1. The van der Waals surface area contributed by atoms with E-state index in [4.69, 9.17) is 25.0 Å². The van der Waals surface area contributed by atoms with Gasteiger partial charge in [0, 0.05) is 41.4 Å². The minimum Gasteiger partial charge on any atom is -0.481 e. The molecule has 47 heavy (non-hydrogen) atoms. The van der Waals surface area contributed by atoms with Gasteiger partial charge in [0.2, 0.25) is 5.88 Å². The molecule has 14 heteroatoms. The van der Waals surface area contributed by atoms with Gasteiger partial charge in [-0.05, 0) is 67.3 Å². The molecule has 0 saturated carbocycles. The predicted octanol–water partition coefficient (Wildman–Crippen LogP) is 4.16. The number of amidine groups is 1. The number of carboxylic acids is 1. The molecule has 6 N–H and O–H groups in total. The second-order valence-electron chi connectivity index (χ2n) is 10.5. The number of nitrogens with zero attached hydrogens (tertiary/aromatic N) is 2. The molecule has 0 aliphatic rings. The van der Waals surface area contributed by atoms with Gasteiger partial charge in [0.1, 0.15) is 17.8 Å². The first-order chi connectivity index (χ1) is 22.5. The number of carbonyl (C=O) groups is 4. The summed E-state index contributed by atoms with van der Waals surface area (Å²) in [4.78, 5) is 58.9. The highest BCUT2D eigenvalue weighted by Gasteiger charge is 2.23. The van der Waals surface area contributed by atoms with Crippen molar-refractivity contribution in [3.05, 3.63) is 94.8 Å². The van der Waals surface area contributed by atoms with E-state index in [2.05, 4.69) is 20.6 Å². The number of esters is 1. The van der Waals surface area contributed by atoms with Crippen molar-refractivity contribution >= 4 is 35.3 Å². The number of ether oxygens (including phenoxy) is 2. The maximum atomic E-state index is 13.4. The van der Waals surface area contributed by atoms with Crippen LogP contribution in [0.4, 0.5) is 5.69 Å². The molecule has 244 valence electrons. The van der Waals surface area contributed by atoms with E-state index in [9.17, 15) is 24.3 Å². The van der Waals surface area contributed by atoms with E-state index in [0.717, 1.165) is 0 Å². The molecule has 0 saturated heterocycles. The smallest absolute Gasteiger partial charge is 0.360 e. The van der Waals surface area contributed by atoms with E-state index in [1.165, 1.54) is 43.7 Å². The van der Waals surface area contributed by atoms with Crippen LogP contribution in [0, 0.1) is 11.3 Å². The molecule has 0 fully saturated rings. The molecule has 4 aromatic rings. The number of anilines is 1. The van der Waals surface area contributed by atoms with Gasteiger partial charge in [-0.25, -0.2) is 19.6 Å². The highest BCUT2D eigenvalue weighted by molar-refractivity contribution is 6.10. The molecule has 0 aliphatic heterocycles. The van der Waals surface area contributed by atoms with Crippen molar-refractivity contribution in [2.24, 2.45) is 11.7 Å². The number of carbonyl (C=O) groups excluding carboxylic acids is 3. The fourth-order valence-electron chi connectivity index (χ4n) is 4.60. The maximum absolute atomic E-state index is 13.4. The molecule has 0 radical (unpaired) electrons. The molecule has 0 unspecified atom stereocenters. The van der Waals surface area contributed by atoms with Crippen LogP contribution >= 0.6 is 0 Å².